The van der Waals surface area contributed by atoms with Crippen molar-refractivity contribution < 1.29 is 14.3 Å². The molecule has 2 aromatic carbocycles. The van der Waals surface area contributed by atoms with Gasteiger partial charge in [0.05, 0.1) is 14.2 Å². The molecule has 2 N–H and O–H groups in total. The summed E-state index contributed by atoms with van der Waals surface area (Å²) in [6.07, 6.45) is 4.66. The fourth-order valence-corrected chi connectivity index (χ4v) is 2.61. The molecule has 0 aliphatic rings. The predicted octanol–water partition coefficient (Wildman–Crippen LogP) is 4.20. The molecule has 0 spiro atoms. The number of carbonyl (C=O) groups is 1. The van der Waals surface area contributed by atoms with Crippen LogP contribution in [0.15, 0.2) is 60.9 Å². The van der Waals surface area contributed by atoms with Crippen LogP contribution in [0.3, 0.4) is 0 Å². The van der Waals surface area contributed by atoms with Gasteiger partial charge in [0.25, 0.3) is 0 Å². The molecule has 0 unspecified atom stereocenters. The number of carbonyl (C=O) groups excluding carboxylic acids is 1. The van der Waals surface area contributed by atoms with Gasteiger partial charge < -0.3 is 20.1 Å². The third kappa shape index (κ3) is 5.55. The number of benzene rings is 2. The molecule has 7 nitrogen and oxygen atoms in total. The molecule has 0 aliphatic carbocycles. The standard InChI is InChI=1S/C22H22N4O3/c1-15-12-21(24-14-23-15)25-17-6-8-18(9-7-17)26-22(27)11-5-16-4-10-19(28-2)13-20(16)29-3/h4-14H,1-3H3,(H,26,27)(H,23,24,25)/b11-5+. The van der Waals surface area contributed by atoms with Gasteiger partial charge in [0.1, 0.15) is 23.6 Å². The summed E-state index contributed by atoms with van der Waals surface area (Å²) >= 11 is 0. The number of ether oxygens (including phenoxy) is 2. The van der Waals surface area contributed by atoms with Crippen molar-refractivity contribution in [2.24, 2.45) is 0 Å². The molecule has 0 aliphatic heterocycles. The van der Waals surface area contributed by atoms with Gasteiger partial charge in [0.2, 0.25) is 5.91 Å². The Labute approximate surface area is 169 Å². The van der Waals surface area contributed by atoms with E-state index in [-0.39, 0.29) is 5.91 Å². The number of anilines is 3. The second-order valence-corrected chi connectivity index (χ2v) is 6.18. The Morgan fingerprint density at radius 1 is 0.966 bits per heavy atom. The number of methoxy groups -OCH3 is 2. The van der Waals surface area contributed by atoms with Crippen molar-refractivity contribution in [2.45, 2.75) is 6.92 Å². The molecule has 3 aromatic rings. The Morgan fingerprint density at radius 2 is 1.72 bits per heavy atom. The summed E-state index contributed by atoms with van der Waals surface area (Å²) in [5, 5.41) is 6.02. The summed E-state index contributed by atoms with van der Waals surface area (Å²) in [5.74, 6) is 1.79. The molecule has 1 heterocycles. The molecule has 0 atom stereocenters. The van der Waals surface area contributed by atoms with Gasteiger partial charge in [-0.3, -0.25) is 4.79 Å². The predicted molar refractivity (Wildman–Crippen MR) is 114 cm³/mol. The topological polar surface area (TPSA) is 85.4 Å². The van der Waals surface area contributed by atoms with Crippen LogP contribution in [-0.2, 0) is 4.79 Å². The number of aromatic nitrogens is 2. The van der Waals surface area contributed by atoms with Crippen molar-refractivity contribution in [3.63, 3.8) is 0 Å². The summed E-state index contributed by atoms with van der Waals surface area (Å²) in [4.78, 5) is 20.5. The average molecular weight is 390 g/mol. The van der Waals surface area contributed by atoms with Crippen LogP contribution in [0.25, 0.3) is 6.08 Å². The van der Waals surface area contributed by atoms with E-state index >= 15 is 0 Å². The Kier molecular flexibility index (Phi) is 6.42. The van der Waals surface area contributed by atoms with Crippen LogP contribution < -0.4 is 20.1 Å². The summed E-state index contributed by atoms with van der Waals surface area (Å²) in [6.45, 7) is 1.90. The SMILES string of the molecule is COc1ccc(/C=C/C(=O)Nc2ccc(Nc3cc(C)ncn3)cc2)c(OC)c1. The van der Waals surface area contributed by atoms with Gasteiger partial charge in [-0.1, -0.05) is 0 Å². The average Bonchev–Trinajstić information content (AvgIpc) is 2.73. The van der Waals surface area contributed by atoms with Crippen molar-refractivity contribution in [2.75, 3.05) is 24.9 Å². The number of hydrogen-bond donors (Lipinski definition) is 2. The minimum Gasteiger partial charge on any atom is -0.497 e. The number of amides is 1. The highest BCUT2D eigenvalue weighted by molar-refractivity contribution is 6.02. The van der Waals surface area contributed by atoms with Crippen LogP contribution in [0, 0.1) is 6.92 Å². The first-order valence-corrected chi connectivity index (χ1v) is 8.94. The first kappa shape index (κ1) is 19.9. The molecule has 1 amide bonds. The van der Waals surface area contributed by atoms with Gasteiger partial charge in [0, 0.05) is 40.8 Å². The lowest BCUT2D eigenvalue weighted by atomic mass is 10.1. The highest BCUT2D eigenvalue weighted by Crippen LogP contribution is 2.25. The van der Waals surface area contributed by atoms with Gasteiger partial charge in [0.15, 0.2) is 0 Å². The van der Waals surface area contributed by atoms with Gasteiger partial charge in [-0.15, -0.1) is 0 Å². The van der Waals surface area contributed by atoms with Crippen LogP contribution in [0.2, 0.25) is 0 Å². The number of nitrogens with zero attached hydrogens (tertiary/aromatic N) is 2. The molecule has 7 heteroatoms. The maximum atomic E-state index is 12.2. The maximum Gasteiger partial charge on any atom is 0.248 e. The van der Waals surface area contributed by atoms with Crippen LogP contribution in [0.5, 0.6) is 11.5 Å². The van der Waals surface area contributed by atoms with Crippen molar-refractivity contribution in [1.29, 1.82) is 0 Å². The zero-order valence-corrected chi connectivity index (χ0v) is 16.5. The summed E-state index contributed by atoms with van der Waals surface area (Å²) in [6, 6.07) is 14.6. The van der Waals surface area contributed by atoms with Gasteiger partial charge in [-0.25, -0.2) is 9.97 Å². The number of nitrogens with one attached hydrogen (secondary N) is 2. The first-order valence-electron chi connectivity index (χ1n) is 8.94. The van der Waals surface area contributed by atoms with Crippen molar-refractivity contribution in [3.8, 4) is 11.5 Å². The zero-order valence-electron chi connectivity index (χ0n) is 16.5. The monoisotopic (exact) mass is 390 g/mol. The van der Waals surface area contributed by atoms with E-state index < -0.39 is 0 Å². The number of aryl methyl sites for hydroxylation is 1. The molecular weight excluding hydrogens is 368 g/mol. The van der Waals surface area contributed by atoms with Crippen molar-refractivity contribution in [3.05, 3.63) is 72.2 Å². The highest BCUT2D eigenvalue weighted by Gasteiger charge is 2.04. The number of rotatable bonds is 7. The Hall–Kier alpha value is -3.87. The molecule has 0 saturated heterocycles. The van der Waals surface area contributed by atoms with E-state index in [1.54, 1.807) is 26.4 Å². The molecule has 148 valence electrons. The van der Waals surface area contributed by atoms with E-state index in [0.29, 0.717) is 23.0 Å². The van der Waals surface area contributed by atoms with E-state index in [9.17, 15) is 4.79 Å². The van der Waals surface area contributed by atoms with Crippen molar-refractivity contribution >= 4 is 29.2 Å². The van der Waals surface area contributed by atoms with E-state index in [1.807, 2.05) is 49.4 Å². The molecule has 3 rings (SSSR count). The summed E-state index contributed by atoms with van der Waals surface area (Å²) in [5.41, 5.74) is 3.21. The lowest BCUT2D eigenvalue weighted by Gasteiger charge is -2.08. The smallest absolute Gasteiger partial charge is 0.248 e. The van der Waals surface area contributed by atoms with Crippen LogP contribution in [0.1, 0.15) is 11.3 Å². The van der Waals surface area contributed by atoms with Crippen LogP contribution in [-0.4, -0.2) is 30.1 Å². The molecule has 29 heavy (non-hydrogen) atoms. The molecule has 0 bridgehead atoms. The highest BCUT2D eigenvalue weighted by atomic mass is 16.5. The molecule has 1 aromatic heterocycles. The van der Waals surface area contributed by atoms with Crippen LogP contribution >= 0.6 is 0 Å². The molecule has 0 saturated carbocycles. The van der Waals surface area contributed by atoms with E-state index in [0.717, 1.165) is 16.9 Å². The summed E-state index contributed by atoms with van der Waals surface area (Å²) < 4.78 is 10.5. The largest absolute Gasteiger partial charge is 0.497 e. The second kappa shape index (κ2) is 9.36. The van der Waals surface area contributed by atoms with Crippen LogP contribution in [0.4, 0.5) is 17.2 Å². The van der Waals surface area contributed by atoms with Crippen molar-refractivity contribution in [1.82, 2.24) is 9.97 Å². The lowest BCUT2D eigenvalue weighted by Crippen LogP contribution is -2.07. The van der Waals surface area contributed by atoms with Gasteiger partial charge in [-0.05, 0) is 49.4 Å². The minimum atomic E-state index is -0.241. The molecule has 0 fully saturated rings. The lowest BCUT2D eigenvalue weighted by molar-refractivity contribution is -0.111. The van der Waals surface area contributed by atoms with E-state index in [4.69, 9.17) is 9.47 Å². The fourth-order valence-electron chi connectivity index (χ4n) is 2.61. The van der Waals surface area contributed by atoms with Gasteiger partial charge in [-0.2, -0.15) is 0 Å². The second-order valence-electron chi connectivity index (χ2n) is 6.18. The quantitative estimate of drug-likeness (QED) is 0.588. The third-order valence-electron chi connectivity index (χ3n) is 4.08. The molecule has 0 radical (unpaired) electrons. The maximum absolute atomic E-state index is 12.2. The van der Waals surface area contributed by atoms with E-state index in [1.165, 1.54) is 12.4 Å². The third-order valence-corrected chi connectivity index (χ3v) is 4.08. The Morgan fingerprint density at radius 3 is 2.41 bits per heavy atom. The van der Waals surface area contributed by atoms with Gasteiger partial charge >= 0.3 is 0 Å². The minimum absolute atomic E-state index is 0.241. The Balaban J connectivity index is 1.61. The fraction of sp³-hybridized carbons (Fsp3) is 0.136. The number of hydrogen-bond acceptors (Lipinski definition) is 6. The Bertz CT molecular complexity index is 1020. The molecular formula is C22H22N4O3. The normalized spacial score (nSPS) is 10.6. The first-order chi connectivity index (χ1) is 14.1. The summed E-state index contributed by atoms with van der Waals surface area (Å²) in [7, 11) is 3.16. The van der Waals surface area contributed by atoms with E-state index in [2.05, 4.69) is 20.6 Å². The zero-order chi connectivity index (χ0) is 20.6.